The van der Waals surface area contributed by atoms with E-state index in [1.165, 1.54) is 36.4 Å². The number of likely N-dealkylation sites (tertiary alicyclic amines) is 1. The zero-order valence-electron chi connectivity index (χ0n) is 14.5. The van der Waals surface area contributed by atoms with Crippen LogP contribution in [0.3, 0.4) is 0 Å². The van der Waals surface area contributed by atoms with Crippen LogP contribution in [0.5, 0.6) is 0 Å². The van der Waals surface area contributed by atoms with Gasteiger partial charge in [-0.1, -0.05) is 19.1 Å². The maximum atomic E-state index is 13.1. The van der Waals surface area contributed by atoms with E-state index in [0.29, 0.717) is 18.7 Å². The second-order valence-corrected chi connectivity index (χ2v) is 8.00. The lowest BCUT2D eigenvalue weighted by atomic mass is 10.0. The zero-order chi connectivity index (χ0) is 18.7. The molecule has 1 atom stereocenters. The molecular formula is C19H21FN2O3S. The van der Waals surface area contributed by atoms with Crippen LogP contribution < -0.4 is 4.72 Å². The molecule has 1 N–H and O–H groups in total. The number of carbonyl (C=O) groups is 1. The Morgan fingerprint density at radius 1 is 1.15 bits per heavy atom. The molecule has 0 radical (unpaired) electrons. The van der Waals surface area contributed by atoms with Gasteiger partial charge in [0.25, 0.3) is 5.91 Å². The Morgan fingerprint density at radius 2 is 1.81 bits per heavy atom. The van der Waals surface area contributed by atoms with Gasteiger partial charge < -0.3 is 4.90 Å². The highest BCUT2D eigenvalue weighted by atomic mass is 32.2. The number of carbonyl (C=O) groups excluding carboxylic acids is 1. The molecule has 0 aromatic heterocycles. The molecule has 0 aliphatic carbocycles. The molecule has 26 heavy (non-hydrogen) atoms. The molecule has 1 fully saturated rings. The molecule has 138 valence electrons. The molecule has 1 heterocycles. The number of hydrogen-bond donors (Lipinski definition) is 1. The Labute approximate surface area is 152 Å². The normalized spacial score (nSPS) is 17.5. The van der Waals surface area contributed by atoms with Gasteiger partial charge in [-0.25, -0.2) is 17.5 Å². The molecule has 7 heteroatoms. The molecule has 0 saturated carbocycles. The van der Waals surface area contributed by atoms with Crippen molar-refractivity contribution in [3.8, 4) is 0 Å². The lowest BCUT2D eigenvalue weighted by molar-refractivity contribution is 0.0735. The van der Waals surface area contributed by atoms with Crippen LogP contribution in [-0.2, 0) is 10.0 Å². The largest absolute Gasteiger partial charge is 0.332 e. The summed E-state index contributed by atoms with van der Waals surface area (Å²) in [4.78, 5) is 14.8. The first kappa shape index (κ1) is 18.5. The van der Waals surface area contributed by atoms with Gasteiger partial charge in [0.1, 0.15) is 5.82 Å². The Morgan fingerprint density at radius 3 is 2.42 bits per heavy atom. The molecule has 1 aliphatic rings. The predicted molar refractivity (Wildman–Crippen MR) is 96.7 cm³/mol. The highest BCUT2D eigenvalue weighted by molar-refractivity contribution is 7.89. The maximum Gasteiger partial charge on any atom is 0.254 e. The van der Waals surface area contributed by atoms with Crippen molar-refractivity contribution < 1.29 is 17.6 Å². The van der Waals surface area contributed by atoms with Gasteiger partial charge in [-0.15, -0.1) is 0 Å². The van der Waals surface area contributed by atoms with Crippen molar-refractivity contribution in [2.45, 2.75) is 30.7 Å². The number of nitrogens with zero attached hydrogens (tertiary/aromatic N) is 1. The number of rotatable bonds is 5. The van der Waals surface area contributed by atoms with Crippen LogP contribution in [0.4, 0.5) is 4.39 Å². The molecule has 5 nitrogen and oxygen atoms in total. The van der Waals surface area contributed by atoms with E-state index in [1.807, 2.05) is 0 Å². The van der Waals surface area contributed by atoms with Crippen molar-refractivity contribution in [3.05, 3.63) is 65.5 Å². The number of sulfonamides is 1. The van der Waals surface area contributed by atoms with Gasteiger partial charge in [-0.05, 0) is 54.8 Å². The van der Waals surface area contributed by atoms with Crippen LogP contribution in [0.25, 0.3) is 0 Å². The Bertz CT molecular complexity index is 880. The van der Waals surface area contributed by atoms with Gasteiger partial charge >= 0.3 is 0 Å². The lowest BCUT2D eigenvalue weighted by Crippen LogP contribution is -2.30. The molecular weight excluding hydrogens is 355 g/mol. The molecule has 3 rings (SSSR count). The van der Waals surface area contributed by atoms with Crippen LogP contribution >= 0.6 is 0 Å². The van der Waals surface area contributed by atoms with Gasteiger partial charge in [-0.2, -0.15) is 0 Å². The van der Waals surface area contributed by atoms with Crippen LogP contribution in [0, 0.1) is 5.82 Å². The van der Waals surface area contributed by atoms with Crippen LogP contribution in [0.15, 0.2) is 53.4 Å². The zero-order valence-corrected chi connectivity index (χ0v) is 15.3. The second-order valence-electron chi connectivity index (χ2n) is 6.23. The summed E-state index contributed by atoms with van der Waals surface area (Å²) in [5.74, 6) is -0.452. The summed E-state index contributed by atoms with van der Waals surface area (Å²) in [6.45, 7) is 2.63. The van der Waals surface area contributed by atoms with E-state index in [2.05, 4.69) is 4.72 Å². The van der Waals surface area contributed by atoms with E-state index in [9.17, 15) is 17.6 Å². The van der Waals surface area contributed by atoms with Crippen LogP contribution in [0.1, 0.15) is 41.7 Å². The van der Waals surface area contributed by atoms with E-state index < -0.39 is 10.0 Å². The smallest absolute Gasteiger partial charge is 0.254 e. The molecule has 2 aromatic carbocycles. The summed E-state index contributed by atoms with van der Waals surface area (Å²) in [5.41, 5.74) is 1.35. The first-order valence-corrected chi connectivity index (χ1v) is 10.1. The van der Waals surface area contributed by atoms with E-state index in [4.69, 9.17) is 0 Å². The van der Waals surface area contributed by atoms with Crippen molar-refractivity contribution in [1.82, 2.24) is 9.62 Å². The molecule has 1 amide bonds. The van der Waals surface area contributed by atoms with Crippen LogP contribution in [0.2, 0.25) is 0 Å². The minimum Gasteiger partial charge on any atom is -0.332 e. The summed E-state index contributed by atoms with van der Waals surface area (Å²) in [7, 11) is -3.54. The number of halogens is 1. The predicted octanol–water partition coefficient (Wildman–Crippen LogP) is 3.10. The van der Waals surface area contributed by atoms with Crippen molar-refractivity contribution in [1.29, 1.82) is 0 Å². The molecule has 1 aliphatic heterocycles. The van der Waals surface area contributed by atoms with Crippen molar-refractivity contribution in [2.75, 3.05) is 13.1 Å². The minimum atomic E-state index is -3.54. The molecule has 0 bridgehead atoms. The number of nitrogens with one attached hydrogen (secondary N) is 1. The Balaban J connectivity index is 1.81. The monoisotopic (exact) mass is 376 g/mol. The first-order chi connectivity index (χ1) is 12.4. The highest BCUT2D eigenvalue weighted by Crippen LogP contribution is 2.33. The molecule has 0 spiro atoms. The molecule has 2 aromatic rings. The third kappa shape index (κ3) is 3.78. The van der Waals surface area contributed by atoms with Gasteiger partial charge in [-0.3, -0.25) is 4.79 Å². The first-order valence-electron chi connectivity index (χ1n) is 8.58. The topological polar surface area (TPSA) is 66.5 Å². The van der Waals surface area contributed by atoms with Crippen molar-refractivity contribution in [2.24, 2.45) is 0 Å². The van der Waals surface area contributed by atoms with Gasteiger partial charge in [0, 0.05) is 18.7 Å². The lowest BCUT2D eigenvalue weighted by Gasteiger charge is -2.25. The molecule has 1 unspecified atom stereocenters. The fraction of sp³-hybridized carbons (Fsp3) is 0.316. The number of hydrogen-bond acceptors (Lipinski definition) is 3. The number of benzene rings is 2. The third-order valence-electron chi connectivity index (χ3n) is 4.51. The van der Waals surface area contributed by atoms with Gasteiger partial charge in [0.15, 0.2) is 0 Å². The fourth-order valence-corrected chi connectivity index (χ4v) is 4.30. The minimum absolute atomic E-state index is 0.0896. The summed E-state index contributed by atoms with van der Waals surface area (Å²) < 4.78 is 39.6. The van der Waals surface area contributed by atoms with Crippen molar-refractivity contribution in [3.63, 3.8) is 0 Å². The summed E-state index contributed by atoms with van der Waals surface area (Å²) in [6.07, 6.45) is 1.70. The average molecular weight is 376 g/mol. The second kappa shape index (κ2) is 7.55. The Kier molecular flexibility index (Phi) is 5.38. The third-order valence-corrected chi connectivity index (χ3v) is 6.08. The quantitative estimate of drug-likeness (QED) is 0.872. The maximum absolute atomic E-state index is 13.1. The van der Waals surface area contributed by atoms with E-state index in [-0.39, 0.29) is 22.7 Å². The van der Waals surface area contributed by atoms with Crippen molar-refractivity contribution >= 4 is 15.9 Å². The highest BCUT2D eigenvalue weighted by Gasteiger charge is 2.30. The fourth-order valence-electron chi connectivity index (χ4n) is 3.26. The van der Waals surface area contributed by atoms with E-state index >= 15 is 0 Å². The summed E-state index contributed by atoms with van der Waals surface area (Å²) in [6, 6.07) is 12.1. The molecule has 1 saturated heterocycles. The Hall–Kier alpha value is -2.25. The standard InChI is InChI=1S/C19H21FN2O3S/c1-2-21-26(24,25)17-11-7-15(8-12-17)19(23)22-13-3-4-18(22)14-5-9-16(20)10-6-14/h5-12,18,21H,2-4,13H2,1H3. The summed E-state index contributed by atoms with van der Waals surface area (Å²) >= 11 is 0. The summed E-state index contributed by atoms with van der Waals surface area (Å²) in [5, 5.41) is 0. The number of amides is 1. The van der Waals surface area contributed by atoms with Gasteiger partial charge in [0.05, 0.1) is 10.9 Å². The average Bonchev–Trinajstić information content (AvgIpc) is 3.11. The van der Waals surface area contributed by atoms with Crippen LogP contribution in [-0.4, -0.2) is 32.3 Å². The van der Waals surface area contributed by atoms with Gasteiger partial charge in [0.2, 0.25) is 10.0 Å². The SMILES string of the molecule is CCNS(=O)(=O)c1ccc(C(=O)N2CCCC2c2ccc(F)cc2)cc1. The van der Waals surface area contributed by atoms with E-state index in [1.54, 1.807) is 24.0 Å². The van der Waals surface area contributed by atoms with E-state index in [0.717, 1.165) is 18.4 Å².